The topological polar surface area (TPSA) is 49.3 Å². The normalized spacial score (nSPS) is 15.3. The van der Waals surface area contributed by atoms with Crippen molar-refractivity contribution in [2.45, 2.75) is 19.4 Å². The summed E-state index contributed by atoms with van der Waals surface area (Å²) in [6, 6.07) is 11.1. The fourth-order valence-electron chi connectivity index (χ4n) is 2.66. The number of hydrogen-bond donors (Lipinski definition) is 2. The monoisotopic (exact) mass is 301 g/mol. The third-order valence-electron chi connectivity index (χ3n) is 3.89. The molecular formula is C17H16ClNO2. The van der Waals surface area contributed by atoms with Crippen LogP contribution in [0.4, 0.5) is 0 Å². The Bertz CT molecular complexity index is 712. The molecule has 0 spiro atoms. The Morgan fingerprint density at radius 2 is 2.10 bits per heavy atom. The highest BCUT2D eigenvalue weighted by molar-refractivity contribution is 6.32. The number of carbonyl (C=O) groups is 1. The molecule has 0 radical (unpaired) electrons. The van der Waals surface area contributed by atoms with E-state index >= 15 is 0 Å². The fraction of sp³-hybridized carbons (Fsp3) is 0.235. The number of fused-ring (bicyclic) bond motifs is 1. The van der Waals surface area contributed by atoms with Crippen molar-refractivity contribution in [1.82, 2.24) is 5.32 Å². The van der Waals surface area contributed by atoms with Crippen molar-refractivity contribution in [3.8, 4) is 0 Å². The van der Waals surface area contributed by atoms with Gasteiger partial charge in [0.05, 0.1) is 0 Å². The molecule has 1 atom stereocenters. The number of aliphatic hydroxyl groups is 1. The van der Waals surface area contributed by atoms with Crippen molar-refractivity contribution in [2.75, 3.05) is 6.54 Å². The van der Waals surface area contributed by atoms with Gasteiger partial charge in [-0.1, -0.05) is 41.9 Å². The first kappa shape index (κ1) is 14.1. The third-order valence-corrected chi connectivity index (χ3v) is 4.41. The number of amides is 1. The average molecular weight is 302 g/mol. The summed E-state index contributed by atoms with van der Waals surface area (Å²) in [4.78, 5) is 11.9. The minimum atomic E-state index is -0.836. The van der Waals surface area contributed by atoms with Crippen LogP contribution in [0.2, 0.25) is 5.02 Å². The molecule has 4 heteroatoms. The summed E-state index contributed by atoms with van der Waals surface area (Å²) in [5.74, 6) is -0.0827. The number of aryl methyl sites for hydroxylation is 1. The highest BCUT2D eigenvalue weighted by Gasteiger charge is 2.20. The van der Waals surface area contributed by atoms with Crippen LogP contribution in [-0.4, -0.2) is 17.6 Å². The first-order valence-corrected chi connectivity index (χ1v) is 7.30. The smallest absolute Gasteiger partial charge is 0.251 e. The molecule has 1 heterocycles. The van der Waals surface area contributed by atoms with Gasteiger partial charge in [-0.2, -0.15) is 0 Å². The molecule has 0 aromatic heterocycles. The van der Waals surface area contributed by atoms with Gasteiger partial charge in [-0.3, -0.25) is 4.79 Å². The van der Waals surface area contributed by atoms with E-state index in [-0.39, 0.29) is 5.91 Å². The summed E-state index contributed by atoms with van der Waals surface area (Å²) >= 11 is 6.27. The van der Waals surface area contributed by atoms with Gasteiger partial charge >= 0.3 is 0 Å². The van der Waals surface area contributed by atoms with Crippen LogP contribution in [0.1, 0.15) is 38.7 Å². The first-order valence-electron chi connectivity index (χ1n) is 6.92. The van der Waals surface area contributed by atoms with Crippen LogP contribution < -0.4 is 5.32 Å². The van der Waals surface area contributed by atoms with Gasteiger partial charge in [0.25, 0.3) is 5.91 Å². The molecule has 0 saturated heterocycles. The maximum Gasteiger partial charge on any atom is 0.251 e. The maximum absolute atomic E-state index is 11.9. The molecular weight excluding hydrogens is 286 g/mol. The lowest BCUT2D eigenvalue weighted by atomic mass is 9.93. The molecule has 1 aliphatic rings. The zero-order valence-electron chi connectivity index (χ0n) is 11.7. The van der Waals surface area contributed by atoms with Crippen molar-refractivity contribution < 1.29 is 9.90 Å². The lowest BCUT2D eigenvalue weighted by Gasteiger charge is -2.20. The molecule has 1 unspecified atom stereocenters. The van der Waals surface area contributed by atoms with Crippen LogP contribution in [0, 0.1) is 6.92 Å². The molecule has 2 aromatic carbocycles. The van der Waals surface area contributed by atoms with Gasteiger partial charge in [0, 0.05) is 22.7 Å². The Morgan fingerprint density at radius 3 is 2.90 bits per heavy atom. The molecule has 2 aromatic rings. The quantitative estimate of drug-likeness (QED) is 0.896. The maximum atomic E-state index is 11.9. The Labute approximate surface area is 128 Å². The Balaban J connectivity index is 2.02. The second-order valence-corrected chi connectivity index (χ2v) is 5.68. The number of hydrogen-bond acceptors (Lipinski definition) is 2. The van der Waals surface area contributed by atoms with Gasteiger partial charge in [-0.05, 0) is 36.1 Å². The first-order chi connectivity index (χ1) is 10.1. The Hall–Kier alpha value is -1.84. The van der Waals surface area contributed by atoms with Gasteiger partial charge in [-0.25, -0.2) is 0 Å². The van der Waals surface area contributed by atoms with Crippen LogP contribution >= 0.6 is 11.6 Å². The number of halogens is 1. The van der Waals surface area contributed by atoms with Crippen molar-refractivity contribution in [3.05, 3.63) is 69.2 Å². The predicted octanol–water partition coefficient (Wildman–Crippen LogP) is 3.02. The van der Waals surface area contributed by atoms with E-state index in [1.807, 2.05) is 31.2 Å². The SMILES string of the molecule is Cc1cccc(C(O)c2ccc3c(c2)C(=O)NCC3)c1Cl. The highest BCUT2D eigenvalue weighted by atomic mass is 35.5. The zero-order valence-corrected chi connectivity index (χ0v) is 12.4. The number of carbonyl (C=O) groups excluding carboxylic acids is 1. The number of benzene rings is 2. The van der Waals surface area contributed by atoms with Gasteiger partial charge in [0.1, 0.15) is 6.10 Å². The van der Waals surface area contributed by atoms with E-state index in [9.17, 15) is 9.90 Å². The molecule has 0 saturated carbocycles. The molecule has 0 bridgehead atoms. The average Bonchev–Trinajstić information content (AvgIpc) is 2.49. The summed E-state index contributed by atoms with van der Waals surface area (Å²) < 4.78 is 0. The van der Waals surface area contributed by atoms with Crippen LogP contribution in [0.25, 0.3) is 0 Å². The predicted molar refractivity (Wildman–Crippen MR) is 82.7 cm³/mol. The highest BCUT2D eigenvalue weighted by Crippen LogP contribution is 2.31. The molecule has 3 nitrogen and oxygen atoms in total. The van der Waals surface area contributed by atoms with Gasteiger partial charge in [-0.15, -0.1) is 0 Å². The summed E-state index contributed by atoms with van der Waals surface area (Å²) in [7, 11) is 0. The summed E-state index contributed by atoms with van der Waals surface area (Å²) in [5, 5.41) is 13.9. The van der Waals surface area contributed by atoms with Crippen LogP contribution in [0.5, 0.6) is 0 Å². The molecule has 0 fully saturated rings. The van der Waals surface area contributed by atoms with Crippen LogP contribution in [-0.2, 0) is 6.42 Å². The van der Waals surface area contributed by atoms with Crippen molar-refractivity contribution in [3.63, 3.8) is 0 Å². The van der Waals surface area contributed by atoms with Crippen molar-refractivity contribution in [1.29, 1.82) is 0 Å². The summed E-state index contributed by atoms with van der Waals surface area (Å²) in [5.41, 5.74) is 3.92. The van der Waals surface area contributed by atoms with Crippen LogP contribution in [0.3, 0.4) is 0 Å². The van der Waals surface area contributed by atoms with E-state index in [0.29, 0.717) is 28.3 Å². The van der Waals surface area contributed by atoms with Crippen molar-refractivity contribution in [2.24, 2.45) is 0 Å². The van der Waals surface area contributed by atoms with E-state index in [1.54, 1.807) is 12.1 Å². The van der Waals surface area contributed by atoms with E-state index < -0.39 is 6.10 Å². The molecule has 21 heavy (non-hydrogen) atoms. The van der Waals surface area contributed by atoms with Gasteiger partial charge in [0.15, 0.2) is 0 Å². The molecule has 0 aliphatic carbocycles. The van der Waals surface area contributed by atoms with E-state index in [1.165, 1.54) is 0 Å². The number of aliphatic hydroxyl groups excluding tert-OH is 1. The van der Waals surface area contributed by atoms with Crippen LogP contribution in [0.15, 0.2) is 36.4 Å². The van der Waals surface area contributed by atoms with Crippen molar-refractivity contribution >= 4 is 17.5 Å². The summed E-state index contributed by atoms with van der Waals surface area (Å²) in [6.45, 7) is 2.57. The lowest BCUT2D eigenvalue weighted by molar-refractivity contribution is 0.0945. The summed E-state index contributed by atoms with van der Waals surface area (Å²) in [6.07, 6.45) is -0.0136. The molecule has 108 valence electrons. The standard InChI is InChI=1S/C17H16ClNO2/c1-10-3-2-4-13(15(10)18)16(20)12-6-5-11-7-8-19-17(21)14(11)9-12/h2-6,9,16,20H,7-8H2,1H3,(H,19,21). The third kappa shape index (κ3) is 2.55. The van der Waals surface area contributed by atoms with Gasteiger partial charge < -0.3 is 10.4 Å². The Morgan fingerprint density at radius 1 is 1.29 bits per heavy atom. The van der Waals surface area contributed by atoms with E-state index in [2.05, 4.69) is 5.32 Å². The number of rotatable bonds is 2. The molecule has 3 rings (SSSR count). The second kappa shape index (κ2) is 5.51. The molecule has 2 N–H and O–H groups in total. The van der Waals surface area contributed by atoms with E-state index in [4.69, 9.17) is 11.6 Å². The second-order valence-electron chi connectivity index (χ2n) is 5.30. The van der Waals surface area contributed by atoms with Gasteiger partial charge in [0.2, 0.25) is 0 Å². The lowest BCUT2D eigenvalue weighted by Crippen LogP contribution is -2.31. The number of nitrogens with one attached hydrogen (secondary N) is 1. The largest absolute Gasteiger partial charge is 0.384 e. The van der Waals surface area contributed by atoms with E-state index in [0.717, 1.165) is 17.5 Å². The molecule has 1 amide bonds. The molecule has 1 aliphatic heterocycles. The zero-order chi connectivity index (χ0) is 15.0. The fourth-order valence-corrected chi connectivity index (χ4v) is 2.89. The minimum absolute atomic E-state index is 0.0827. The minimum Gasteiger partial charge on any atom is -0.384 e. The Kier molecular flexibility index (Phi) is 3.70.